The summed E-state index contributed by atoms with van der Waals surface area (Å²) in [5.74, 6) is 1.71. The molecule has 0 atom stereocenters. The van der Waals surface area contributed by atoms with Crippen LogP contribution in [-0.4, -0.2) is 29.8 Å². The molecule has 28 heavy (non-hydrogen) atoms. The number of benzene rings is 2. The van der Waals surface area contributed by atoms with Crippen molar-refractivity contribution < 1.29 is 23.7 Å². The van der Waals surface area contributed by atoms with Crippen molar-refractivity contribution in [2.75, 3.05) is 19.2 Å². The second-order valence-corrected chi connectivity index (χ2v) is 6.48. The summed E-state index contributed by atoms with van der Waals surface area (Å²) in [6.45, 7) is 0.200. The number of nitrogens with one attached hydrogen (secondary N) is 1. The van der Waals surface area contributed by atoms with E-state index >= 15 is 0 Å². The van der Waals surface area contributed by atoms with Crippen LogP contribution in [0, 0.1) is 0 Å². The number of rotatable bonds is 5. The predicted octanol–water partition coefficient (Wildman–Crippen LogP) is 4.29. The molecule has 0 unspecified atom stereocenters. The van der Waals surface area contributed by atoms with Crippen LogP contribution < -0.4 is 19.5 Å². The number of para-hydroxylation sites is 1. The molecule has 1 N–H and O–H groups in total. The first-order valence-corrected chi connectivity index (χ1v) is 8.98. The Bertz CT molecular complexity index is 1040. The average Bonchev–Trinajstić information content (AvgIpc) is 3.18. The first-order chi connectivity index (χ1) is 13.6. The quantitative estimate of drug-likeness (QED) is 0.583. The Morgan fingerprint density at radius 1 is 1.18 bits per heavy atom. The van der Waals surface area contributed by atoms with E-state index in [1.807, 2.05) is 6.07 Å². The highest BCUT2D eigenvalue weighted by atomic mass is 79.9. The topological polar surface area (TPSA) is 91.8 Å². The molecule has 8 nitrogen and oxygen atoms in total. The van der Waals surface area contributed by atoms with Crippen LogP contribution in [0.4, 0.5) is 11.6 Å². The Labute approximate surface area is 168 Å². The Hall–Kier alpha value is -3.33. The number of carbonyl (C=O) groups is 1. The summed E-state index contributed by atoms with van der Waals surface area (Å²) in [7, 11) is 1.31. The van der Waals surface area contributed by atoms with Gasteiger partial charge in [-0.2, -0.15) is 4.98 Å². The summed E-state index contributed by atoms with van der Waals surface area (Å²) >= 11 is 3.36. The second kappa shape index (κ2) is 7.73. The van der Waals surface area contributed by atoms with Crippen molar-refractivity contribution in [1.29, 1.82) is 0 Å². The minimum Gasteiger partial charge on any atom is -0.465 e. The molecule has 0 fully saturated rings. The standard InChI is InChI=1S/C19H14BrN3O5/c1-25-18(24)12-4-2-3-5-14(12)28-17-13(20)9-21-19(23-17)22-11-6-7-15-16(8-11)27-10-26-15/h2-9H,10H2,1H3,(H,21,22,23). The summed E-state index contributed by atoms with van der Waals surface area (Å²) in [4.78, 5) is 20.5. The van der Waals surface area contributed by atoms with Crippen LogP contribution in [0.15, 0.2) is 53.1 Å². The van der Waals surface area contributed by atoms with Gasteiger partial charge in [0.15, 0.2) is 11.5 Å². The highest BCUT2D eigenvalue weighted by Gasteiger charge is 2.17. The normalized spacial score (nSPS) is 11.8. The third kappa shape index (κ3) is 3.70. The molecule has 9 heteroatoms. The fourth-order valence-corrected chi connectivity index (χ4v) is 2.80. The molecule has 1 aliphatic rings. The van der Waals surface area contributed by atoms with Gasteiger partial charge in [0.2, 0.25) is 18.6 Å². The fraction of sp³-hybridized carbons (Fsp3) is 0.105. The van der Waals surface area contributed by atoms with Crippen molar-refractivity contribution in [3.05, 3.63) is 58.7 Å². The summed E-state index contributed by atoms with van der Waals surface area (Å²) in [6.07, 6.45) is 1.55. The molecular formula is C19H14BrN3O5. The maximum atomic E-state index is 11.9. The second-order valence-electron chi connectivity index (χ2n) is 5.63. The van der Waals surface area contributed by atoms with E-state index in [0.29, 0.717) is 33.2 Å². The van der Waals surface area contributed by atoms with Crippen LogP contribution in [0.5, 0.6) is 23.1 Å². The molecule has 0 radical (unpaired) electrons. The lowest BCUT2D eigenvalue weighted by molar-refractivity contribution is 0.0598. The lowest BCUT2D eigenvalue weighted by Gasteiger charge is -2.12. The zero-order chi connectivity index (χ0) is 19.5. The minimum atomic E-state index is -0.500. The van der Waals surface area contributed by atoms with Crippen molar-refractivity contribution in [1.82, 2.24) is 9.97 Å². The average molecular weight is 444 g/mol. The monoisotopic (exact) mass is 443 g/mol. The first kappa shape index (κ1) is 18.1. The van der Waals surface area contributed by atoms with Crippen molar-refractivity contribution in [2.24, 2.45) is 0 Å². The Morgan fingerprint density at radius 3 is 2.86 bits per heavy atom. The maximum absolute atomic E-state index is 11.9. The van der Waals surface area contributed by atoms with Gasteiger partial charge in [0.05, 0.1) is 17.8 Å². The third-order valence-electron chi connectivity index (χ3n) is 3.84. The third-order valence-corrected chi connectivity index (χ3v) is 4.38. The van der Waals surface area contributed by atoms with Gasteiger partial charge in [0.25, 0.3) is 0 Å². The van der Waals surface area contributed by atoms with Crippen molar-refractivity contribution in [2.45, 2.75) is 0 Å². The number of aromatic nitrogens is 2. The SMILES string of the molecule is COC(=O)c1ccccc1Oc1nc(Nc2ccc3c(c2)OCO3)ncc1Br. The molecule has 1 aromatic heterocycles. The van der Waals surface area contributed by atoms with Gasteiger partial charge in [-0.1, -0.05) is 12.1 Å². The zero-order valence-electron chi connectivity index (χ0n) is 14.6. The summed E-state index contributed by atoms with van der Waals surface area (Å²) in [5, 5.41) is 3.09. The number of hydrogen-bond donors (Lipinski definition) is 1. The smallest absolute Gasteiger partial charge is 0.341 e. The van der Waals surface area contributed by atoms with E-state index in [1.54, 1.807) is 42.6 Å². The number of nitrogens with zero attached hydrogens (tertiary/aromatic N) is 2. The number of fused-ring (bicyclic) bond motifs is 1. The Balaban J connectivity index is 1.59. The van der Waals surface area contributed by atoms with Crippen LogP contribution in [0.25, 0.3) is 0 Å². The summed E-state index contributed by atoms with van der Waals surface area (Å²) in [6, 6.07) is 12.2. The van der Waals surface area contributed by atoms with Gasteiger partial charge in [-0.15, -0.1) is 0 Å². The number of methoxy groups -OCH3 is 1. The number of carbonyl (C=O) groups excluding carboxylic acids is 1. The van der Waals surface area contributed by atoms with Crippen molar-refractivity contribution in [3.63, 3.8) is 0 Å². The molecule has 0 bridgehead atoms. The molecule has 1 aliphatic heterocycles. The van der Waals surface area contributed by atoms with Crippen LogP contribution >= 0.6 is 15.9 Å². The highest BCUT2D eigenvalue weighted by Crippen LogP contribution is 2.35. The van der Waals surface area contributed by atoms with Crippen LogP contribution in [0.3, 0.4) is 0 Å². The molecule has 0 saturated heterocycles. The Kier molecular flexibility index (Phi) is 4.98. The van der Waals surface area contributed by atoms with E-state index in [0.717, 1.165) is 5.69 Å². The van der Waals surface area contributed by atoms with Crippen molar-refractivity contribution >= 4 is 33.5 Å². The van der Waals surface area contributed by atoms with Crippen LogP contribution in [0.1, 0.15) is 10.4 Å². The van der Waals surface area contributed by atoms with Gasteiger partial charge in [-0.25, -0.2) is 9.78 Å². The molecule has 2 aromatic carbocycles. The summed E-state index contributed by atoms with van der Waals surface area (Å²) in [5.41, 5.74) is 1.02. The van der Waals surface area contributed by atoms with Gasteiger partial charge in [0.1, 0.15) is 11.3 Å². The van der Waals surface area contributed by atoms with E-state index in [4.69, 9.17) is 18.9 Å². The van der Waals surface area contributed by atoms with E-state index in [-0.39, 0.29) is 12.7 Å². The van der Waals surface area contributed by atoms with Gasteiger partial charge in [-0.05, 0) is 40.2 Å². The van der Waals surface area contributed by atoms with E-state index in [9.17, 15) is 4.79 Å². The Morgan fingerprint density at radius 2 is 2.00 bits per heavy atom. The molecule has 4 rings (SSSR count). The van der Waals surface area contributed by atoms with Crippen LogP contribution in [0.2, 0.25) is 0 Å². The van der Waals surface area contributed by atoms with Gasteiger partial charge >= 0.3 is 5.97 Å². The fourth-order valence-electron chi connectivity index (χ4n) is 2.53. The molecule has 0 saturated carbocycles. The number of hydrogen-bond acceptors (Lipinski definition) is 8. The van der Waals surface area contributed by atoms with E-state index in [1.165, 1.54) is 7.11 Å². The largest absolute Gasteiger partial charge is 0.465 e. The van der Waals surface area contributed by atoms with Gasteiger partial charge < -0.3 is 24.3 Å². The number of ether oxygens (including phenoxy) is 4. The highest BCUT2D eigenvalue weighted by molar-refractivity contribution is 9.10. The van der Waals surface area contributed by atoms with Crippen LogP contribution in [-0.2, 0) is 4.74 Å². The van der Waals surface area contributed by atoms with E-state index < -0.39 is 5.97 Å². The van der Waals surface area contributed by atoms with Gasteiger partial charge in [0, 0.05) is 11.8 Å². The maximum Gasteiger partial charge on any atom is 0.341 e. The first-order valence-electron chi connectivity index (χ1n) is 8.18. The zero-order valence-corrected chi connectivity index (χ0v) is 16.2. The lowest BCUT2D eigenvalue weighted by atomic mass is 10.2. The van der Waals surface area contributed by atoms with Crippen molar-refractivity contribution in [3.8, 4) is 23.1 Å². The molecule has 0 amide bonds. The number of esters is 1. The molecular weight excluding hydrogens is 430 g/mol. The summed E-state index contributed by atoms with van der Waals surface area (Å²) < 4.78 is 21.8. The molecule has 142 valence electrons. The molecule has 0 aliphatic carbocycles. The van der Waals surface area contributed by atoms with Gasteiger partial charge in [-0.3, -0.25) is 0 Å². The number of anilines is 2. The predicted molar refractivity (Wildman–Crippen MR) is 103 cm³/mol. The minimum absolute atomic E-state index is 0.200. The lowest BCUT2D eigenvalue weighted by Crippen LogP contribution is -2.05. The number of halogens is 1. The molecule has 2 heterocycles. The molecule has 0 spiro atoms. The van der Waals surface area contributed by atoms with E-state index in [2.05, 4.69) is 31.2 Å². The molecule has 3 aromatic rings.